The minimum atomic E-state index is -0.0505. The average molecular weight is 353 g/mol. The highest BCUT2D eigenvalue weighted by molar-refractivity contribution is 7.16. The minimum Gasteiger partial charge on any atom is -0.378 e. The summed E-state index contributed by atoms with van der Waals surface area (Å²) < 4.78 is 5.32. The molecule has 1 fully saturated rings. The standard InChI is InChI=1S/C16H27N5O2S/c1-9(2)11-4-5-13-15(18-11)20-16(24-13)19-14(22)8-21-6-10(17)12(7-21)23-3/h9-12,18H,4-8,17H2,1-3H3,(H,19,20,22)/t10-,11?,12-/m0/s1. The molecule has 4 N–H and O–H groups in total. The van der Waals surface area contributed by atoms with Gasteiger partial charge in [-0.25, -0.2) is 4.98 Å². The van der Waals surface area contributed by atoms with E-state index in [2.05, 4.69) is 29.5 Å². The summed E-state index contributed by atoms with van der Waals surface area (Å²) >= 11 is 1.57. The first-order valence-corrected chi connectivity index (χ1v) is 9.34. The molecule has 0 spiro atoms. The van der Waals surface area contributed by atoms with E-state index >= 15 is 0 Å². The Labute approximate surface area is 146 Å². The van der Waals surface area contributed by atoms with E-state index in [1.807, 2.05) is 4.90 Å². The number of fused-ring (bicyclic) bond motifs is 1. The quantitative estimate of drug-likeness (QED) is 0.735. The second-order valence-corrected chi connectivity index (χ2v) is 8.09. The first kappa shape index (κ1) is 17.6. The Kier molecular flexibility index (Phi) is 5.39. The van der Waals surface area contributed by atoms with Crippen LogP contribution in [-0.4, -0.2) is 60.7 Å². The molecule has 2 aliphatic heterocycles. The second-order valence-electron chi connectivity index (χ2n) is 7.00. The second kappa shape index (κ2) is 7.35. The molecule has 3 rings (SSSR count). The third-order valence-corrected chi connectivity index (χ3v) is 5.84. The molecule has 0 saturated carbocycles. The maximum atomic E-state index is 12.3. The van der Waals surface area contributed by atoms with Gasteiger partial charge in [-0.05, 0) is 18.8 Å². The number of hydrogen-bond acceptors (Lipinski definition) is 7. The Hall–Kier alpha value is -1.22. The Morgan fingerprint density at radius 3 is 3.00 bits per heavy atom. The van der Waals surface area contributed by atoms with Gasteiger partial charge < -0.3 is 21.1 Å². The van der Waals surface area contributed by atoms with Gasteiger partial charge in [0.1, 0.15) is 5.82 Å². The van der Waals surface area contributed by atoms with Crippen molar-refractivity contribution in [3.63, 3.8) is 0 Å². The lowest BCUT2D eigenvalue weighted by Crippen LogP contribution is -2.34. The van der Waals surface area contributed by atoms with E-state index in [-0.39, 0.29) is 18.1 Å². The van der Waals surface area contributed by atoms with Crippen molar-refractivity contribution in [2.24, 2.45) is 11.7 Å². The van der Waals surface area contributed by atoms with E-state index in [1.54, 1.807) is 18.4 Å². The van der Waals surface area contributed by atoms with Gasteiger partial charge in [0.25, 0.3) is 0 Å². The van der Waals surface area contributed by atoms with Crippen LogP contribution in [0.25, 0.3) is 0 Å². The summed E-state index contributed by atoms with van der Waals surface area (Å²) in [5.74, 6) is 1.46. The van der Waals surface area contributed by atoms with Crippen LogP contribution >= 0.6 is 11.3 Å². The smallest absolute Gasteiger partial charge is 0.240 e. The van der Waals surface area contributed by atoms with Gasteiger partial charge in [0.05, 0.1) is 17.5 Å². The molecule has 1 aromatic rings. The van der Waals surface area contributed by atoms with Crippen LogP contribution in [0.2, 0.25) is 0 Å². The molecular weight excluding hydrogens is 326 g/mol. The number of aryl methyl sites for hydroxylation is 1. The van der Waals surface area contributed by atoms with Crippen molar-refractivity contribution >= 4 is 28.2 Å². The van der Waals surface area contributed by atoms with E-state index in [1.165, 1.54) is 4.88 Å². The fourth-order valence-corrected chi connectivity index (χ4v) is 4.30. The molecule has 1 amide bonds. The zero-order valence-electron chi connectivity index (χ0n) is 14.5. The van der Waals surface area contributed by atoms with E-state index in [0.717, 1.165) is 18.7 Å². The Morgan fingerprint density at radius 2 is 2.33 bits per heavy atom. The zero-order chi connectivity index (χ0) is 17.3. The number of likely N-dealkylation sites (tertiary alicyclic amines) is 1. The number of nitrogens with two attached hydrogens (primary N) is 1. The fourth-order valence-electron chi connectivity index (χ4n) is 3.34. The van der Waals surface area contributed by atoms with Gasteiger partial charge >= 0.3 is 0 Å². The molecule has 1 saturated heterocycles. The zero-order valence-corrected chi connectivity index (χ0v) is 15.4. The van der Waals surface area contributed by atoms with Crippen LogP contribution in [0.5, 0.6) is 0 Å². The highest BCUT2D eigenvalue weighted by Gasteiger charge is 2.31. The fraction of sp³-hybridized carbons (Fsp3) is 0.750. The van der Waals surface area contributed by atoms with Crippen LogP contribution in [0.3, 0.4) is 0 Å². The van der Waals surface area contributed by atoms with Crippen molar-refractivity contribution in [2.75, 3.05) is 37.4 Å². The molecule has 8 heteroatoms. The summed E-state index contributed by atoms with van der Waals surface area (Å²) in [6.45, 7) is 6.12. The van der Waals surface area contributed by atoms with Gasteiger partial charge in [-0.3, -0.25) is 9.69 Å². The van der Waals surface area contributed by atoms with Crippen LogP contribution in [0.4, 0.5) is 10.9 Å². The predicted molar refractivity (Wildman–Crippen MR) is 96.5 cm³/mol. The highest BCUT2D eigenvalue weighted by atomic mass is 32.1. The minimum absolute atomic E-state index is 0.00198. The van der Waals surface area contributed by atoms with Crippen LogP contribution in [0.1, 0.15) is 25.1 Å². The topological polar surface area (TPSA) is 92.5 Å². The van der Waals surface area contributed by atoms with Gasteiger partial charge in [0.2, 0.25) is 5.91 Å². The van der Waals surface area contributed by atoms with Crippen molar-refractivity contribution < 1.29 is 9.53 Å². The number of nitrogens with zero attached hydrogens (tertiary/aromatic N) is 2. The third kappa shape index (κ3) is 3.88. The van der Waals surface area contributed by atoms with E-state index in [0.29, 0.717) is 36.7 Å². The molecule has 3 atom stereocenters. The van der Waals surface area contributed by atoms with Crippen molar-refractivity contribution in [3.05, 3.63) is 4.88 Å². The molecule has 3 heterocycles. The van der Waals surface area contributed by atoms with Crippen molar-refractivity contribution in [3.8, 4) is 0 Å². The largest absolute Gasteiger partial charge is 0.378 e. The van der Waals surface area contributed by atoms with Gasteiger partial charge in [0.15, 0.2) is 5.13 Å². The van der Waals surface area contributed by atoms with Crippen LogP contribution in [0.15, 0.2) is 0 Å². The maximum Gasteiger partial charge on any atom is 0.240 e. The molecule has 1 unspecified atom stereocenters. The third-order valence-electron chi connectivity index (χ3n) is 4.81. The average Bonchev–Trinajstić information content (AvgIpc) is 3.08. The molecule has 0 aromatic carbocycles. The van der Waals surface area contributed by atoms with Gasteiger partial charge in [-0.2, -0.15) is 0 Å². The number of methoxy groups -OCH3 is 1. The predicted octanol–water partition coefficient (Wildman–Crippen LogP) is 1.12. The molecule has 134 valence electrons. The summed E-state index contributed by atoms with van der Waals surface area (Å²) in [4.78, 5) is 20.1. The first-order chi connectivity index (χ1) is 11.5. The number of anilines is 2. The molecule has 24 heavy (non-hydrogen) atoms. The van der Waals surface area contributed by atoms with E-state index < -0.39 is 0 Å². The Morgan fingerprint density at radius 1 is 1.54 bits per heavy atom. The normalized spacial score (nSPS) is 27.1. The lowest BCUT2D eigenvalue weighted by Gasteiger charge is -2.26. The van der Waals surface area contributed by atoms with Crippen molar-refractivity contribution in [1.29, 1.82) is 0 Å². The first-order valence-electron chi connectivity index (χ1n) is 8.53. The molecule has 0 radical (unpaired) electrons. The monoisotopic (exact) mass is 353 g/mol. The lowest BCUT2D eigenvalue weighted by atomic mass is 9.96. The summed E-state index contributed by atoms with van der Waals surface area (Å²) in [6, 6.07) is 0.423. The van der Waals surface area contributed by atoms with E-state index in [4.69, 9.17) is 10.5 Å². The summed E-state index contributed by atoms with van der Waals surface area (Å²) in [7, 11) is 1.66. The van der Waals surface area contributed by atoms with Gasteiger partial charge in [-0.1, -0.05) is 25.2 Å². The van der Waals surface area contributed by atoms with Gasteiger partial charge in [0, 0.05) is 32.3 Å². The maximum absolute atomic E-state index is 12.3. The number of hydrogen-bond donors (Lipinski definition) is 3. The van der Waals surface area contributed by atoms with Gasteiger partial charge in [-0.15, -0.1) is 0 Å². The number of aromatic nitrogens is 1. The molecule has 1 aromatic heterocycles. The van der Waals surface area contributed by atoms with Crippen LogP contribution in [-0.2, 0) is 16.0 Å². The molecule has 2 aliphatic rings. The van der Waals surface area contributed by atoms with Crippen molar-refractivity contribution in [2.45, 2.75) is 44.9 Å². The van der Waals surface area contributed by atoms with Crippen molar-refractivity contribution in [1.82, 2.24) is 9.88 Å². The molecule has 7 nitrogen and oxygen atoms in total. The molecule has 0 aliphatic carbocycles. The number of ether oxygens (including phenoxy) is 1. The molecule has 0 bridgehead atoms. The SMILES string of the molecule is CO[C@H]1CN(CC(=O)Nc2nc3c(s2)CCC(C(C)C)N3)C[C@@H]1N. The highest BCUT2D eigenvalue weighted by Crippen LogP contribution is 2.34. The number of rotatable bonds is 5. The number of thiazole rings is 1. The number of carbonyl (C=O) groups is 1. The number of amides is 1. The Balaban J connectivity index is 1.54. The number of nitrogens with one attached hydrogen (secondary N) is 2. The lowest BCUT2D eigenvalue weighted by molar-refractivity contribution is -0.117. The van der Waals surface area contributed by atoms with Crippen LogP contribution < -0.4 is 16.4 Å². The number of carbonyl (C=O) groups excluding carboxylic acids is 1. The molecular formula is C16H27N5O2S. The summed E-state index contributed by atoms with van der Waals surface area (Å²) in [5, 5.41) is 7.08. The Bertz CT molecular complexity index is 591. The summed E-state index contributed by atoms with van der Waals surface area (Å²) in [5.41, 5.74) is 5.99. The summed E-state index contributed by atoms with van der Waals surface area (Å²) in [6.07, 6.45) is 2.14. The van der Waals surface area contributed by atoms with Crippen LogP contribution in [0, 0.1) is 5.92 Å². The van der Waals surface area contributed by atoms with E-state index in [9.17, 15) is 4.79 Å².